The average Bonchev–Trinajstić information content (AvgIpc) is 2.16. The van der Waals surface area contributed by atoms with E-state index in [9.17, 15) is 4.79 Å². The van der Waals surface area contributed by atoms with Gasteiger partial charge in [-0.1, -0.05) is 25.1 Å². The van der Waals surface area contributed by atoms with Gasteiger partial charge in [0.1, 0.15) is 0 Å². The number of hydrogen-bond donors (Lipinski definition) is 1. The van der Waals surface area contributed by atoms with E-state index in [1.165, 1.54) is 0 Å². The van der Waals surface area contributed by atoms with Crippen LogP contribution < -0.4 is 5.32 Å². The minimum atomic E-state index is -0.00699. The van der Waals surface area contributed by atoms with Gasteiger partial charge in [-0.3, -0.25) is 4.79 Å². The van der Waals surface area contributed by atoms with Crippen LogP contribution in [0.25, 0.3) is 0 Å². The summed E-state index contributed by atoms with van der Waals surface area (Å²) >= 11 is 0. The summed E-state index contributed by atoms with van der Waals surface area (Å²) in [5.41, 5.74) is 1.87. The molecule has 0 atom stereocenters. The lowest BCUT2D eigenvalue weighted by atomic mass is 10.1. The highest BCUT2D eigenvalue weighted by Gasteiger charge is 2.05. The predicted molar refractivity (Wildman–Crippen MR) is 49.2 cm³/mol. The molecule has 0 unspecified atom stereocenters. The van der Waals surface area contributed by atoms with Gasteiger partial charge in [0, 0.05) is 12.6 Å². The fourth-order valence-corrected chi connectivity index (χ4v) is 1.18. The summed E-state index contributed by atoms with van der Waals surface area (Å²) in [6, 6.07) is 7.65. The molecule has 0 saturated carbocycles. The molecule has 0 aliphatic rings. The Bertz CT molecular complexity index is 281. The number of amides is 1. The zero-order chi connectivity index (χ0) is 8.97. The van der Waals surface area contributed by atoms with Crippen molar-refractivity contribution in [2.75, 3.05) is 7.05 Å². The molecule has 2 nitrogen and oxygen atoms in total. The number of carbonyl (C=O) groups excluding carboxylic acids is 1. The second-order valence-corrected chi connectivity index (χ2v) is 2.59. The van der Waals surface area contributed by atoms with Crippen molar-refractivity contribution in [2.24, 2.45) is 0 Å². The van der Waals surface area contributed by atoms with Crippen LogP contribution in [0.5, 0.6) is 0 Å². The van der Waals surface area contributed by atoms with Gasteiger partial charge in [0.25, 0.3) is 5.91 Å². The normalized spacial score (nSPS) is 9.50. The van der Waals surface area contributed by atoms with Crippen molar-refractivity contribution in [3.8, 4) is 0 Å². The van der Waals surface area contributed by atoms with Gasteiger partial charge in [-0.05, 0) is 18.1 Å². The minimum absolute atomic E-state index is 0.00699. The summed E-state index contributed by atoms with van der Waals surface area (Å²) in [7, 11) is 1.65. The average molecular weight is 163 g/mol. The summed E-state index contributed by atoms with van der Waals surface area (Å²) in [5, 5.41) is 2.62. The van der Waals surface area contributed by atoms with Crippen molar-refractivity contribution in [2.45, 2.75) is 13.3 Å². The Morgan fingerprint density at radius 3 is 2.67 bits per heavy atom. The molecule has 0 saturated heterocycles. The van der Waals surface area contributed by atoms with Gasteiger partial charge in [0.05, 0.1) is 0 Å². The molecule has 0 aliphatic carbocycles. The summed E-state index contributed by atoms with van der Waals surface area (Å²) in [6.07, 6.45) is 0.892. The molecular formula is C10H13NO. The first-order valence-corrected chi connectivity index (χ1v) is 4.09. The largest absolute Gasteiger partial charge is 0.355 e. The zero-order valence-corrected chi connectivity index (χ0v) is 7.42. The number of benzene rings is 1. The molecule has 0 fully saturated rings. The van der Waals surface area contributed by atoms with Crippen LogP contribution in [0.2, 0.25) is 0 Å². The summed E-state index contributed by atoms with van der Waals surface area (Å²) in [6.45, 7) is 2.04. The van der Waals surface area contributed by atoms with Crippen LogP contribution in [0.4, 0.5) is 0 Å². The molecule has 1 rings (SSSR count). The first-order valence-electron chi connectivity index (χ1n) is 4.09. The third-order valence-corrected chi connectivity index (χ3v) is 1.87. The monoisotopic (exact) mass is 163 g/mol. The van der Waals surface area contributed by atoms with E-state index in [2.05, 4.69) is 5.32 Å². The molecule has 0 radical (unpaired) electrons. The number of aryl methyl sites for hydroxylation is 1. The van der Waals surface area contributed by atoms with E-state index in [0.29, 0.717) is 0 Å². The second kappa shape index (κ2) is 3.90. The molecule has 0 aromatic heterocycles. The Morgan fingerprint density at radius 2 is 2.08 bits per heavy atom. The van der Waals surface area contributed by atoms with Crippen molar-refractivity contribution in [3.05, 3.63) is 35.4 Å². The first-order chi connectivity index (χ1) is 5.79. The first kappa shape index (κ1) is 8.78. The number of rotatable bonds is 2. The SMILES string of the molecule is CCc1ccccc1C(=O)NC. The smallest absolute Gasteiger partial charge is 0.251 e. The summed E-state index contributed by atoms with van der Waals surface area (Å²) in [4.78, 5) is 11.3. The lowest BCUT2D eigenvalue weighted by Gasteiger charge is -2.04. The molecule has 1 aromatic rings. The molecule has 0 spiro atoms. The van der Waals surface area contributed by atoms with E-state index in [0.717, 1.165) is 17.5 Å². The molecule has 1 amide bonds. The van der Waals surface area contributed by atoms with Gasteiger partial charge in [0.15, 0.2) is 0 Å². The van der Waals surface area contributed by atoms with Crippen LogP contribution in [0.15, 0.2) is 24.3 Å². The van der Waals surface area contributed by atoms with E-state index in [1.54, 1.807) is 7.05 Å². The minimum Gasteiger partial charge on any atom is -0.355 e. The molecule has 0 heterocycles. The van der Waals surface area contributed by atoms with Gasteiger partial charge < -0.3 is 5.32 Å². The van der Waals surface area contributed by atoms with Crippen molar-refractivity contribution < 1.29 is 4.79 Å². The van der Waals surface area contributed by atoms with Crippen molar-refractivity contribution in [3.63, 3.8) is 0 Å². The van der Waals surface area contributed by atoms with Crippen molar-refractivity contribution in [1.29, 1.82) is 0 Å². The molecule has 12 heavy (non-hydrogen) atoms. The number of nitrogens with one attached hydrogen (secondary N) is 1. The van der Waals surface area contributed by atoms with Crippen LogP contribution in [-0.4, -0.2) is 13.0 Å². The molecule has 0 aliphatic heterocycles. The van der Waals surface area contributed by atoms with E-state index in [1.807, 2.05) is 31.2 Å². The van der Waals surface area contributed by atoms with Crippen LogP contribution in [-0.2, 0) is 6.42 Å². The highest BCUT2D eigenvalue weighted by molar-refractivity contribution is 5.95. The Kier molecular flexibility index (Phi) is 2.86. The Morgan fingerprint density at radius 1 is 1.42 bits per heavy atom. The van der Waals surface area contributed by atoms with Crippen LogP contribution in [0, 0.1) is 0 Å². The highest BCUT2D eigenvalue weighted by atomic mass is 16.1. The maximum Gasteiger partial charge on any atom is 0.251 e. The van der Waals surface area contributed by atoms with E-state index < -0.39 is 0 Å². The predicted octanol–water partition coefficient (Wildman–Crippen LogP) is 1.61. The van der Waals surface area contributed by atoms with Gasteiger partial charge in [0.2, 0.25) is 0 Å². The van der Waals surface area contributed by atoms with Gasteiger partial charge in [-0.15, -0.1) is 0 Å². The maximum absolute atomic E-state index is 11.3. The Labute approximate surface area is 72.6 Å². The maximum atomic E-state index is 11.3. The van der Waals surface area contributed by atoms with E-state index in [-0.39, 0.29) is 5.91 Å². The summed E-state index contributed by atoms with van der Waals surface area (Å²) in [5.74, 6) is -0.00699. The fourth-order valence-electron chi connectivity index (χ4n) is 1.18. The topological polar surface area (TPSA) is 29.1 Å². The van der Waals surface area contributed by atoms with Crippen LogP contribution in [0.3, 0.4) is 0 Å². The molecule has 1 N–H and O–H groups in total. The Balaban J connectivity index is 3.04. The van der Waals surface area contributed by atoms with Crippen LogP contribution >= 0.6 is 0 Å². The Hall–Kier alpha value is -1.31. The van der Waals surface area contributed by atoms with E-state index in [4.69, 9.17) is 0 Å². The van der Waals surface area contributed by atoms with Gasteiger partial charge >= 0.3 is 0 Å². The lowest BCUT2D eigenvalue weighted by molar-refractivity contribution is 0.0962. The molecule has 0 bridgehead atoms. The standard InChI is InChI=1S/C10H13NO/c1-3-8-6-4-5-7-9(8)10(12)11-2/h4-7H,3H2,1-2H3,(H,11,12). The highest BCUT2D eigenvalue weighted by Crippen LogP contribution is 2.08. The quantitative estimate of drug-likeness (QED) is 0.705. The zero-order valence-electron chi connectivity index (χ0n) is 7.42. The lowest BCUT2D eigenvalue weighted by Crippen LogP contribution is -2.19. The third kappa shape index (κ3) is 1.64. The fraction of sp³-hybridized carbons (Fsp3) is 0.300. The second-order valence-electron chi connectivity index (χ2n) is 2.59. The third-order valence-electron chi connectivity index (χ3n) is 1.87. The van der Waals surface area contributed by atoms with Gasteiger partial charge in [-0.2, -0.15) is 0 Å². The summed E-state index contributed by atoms with van der Waals surface area (Å²) < 4.78 is 0. The van der Waals surface area contributed by atoms with Crippen LogP contribution in [0.1, 0.15) is 22.8 Å². The molecule has 64 valence electrons. The molecular weight excluding hydrogens is 150 g/mol. The van der Waals surface area contributed by atoms with E-state index >= 15 is 0 Å². The van der Waals surface area contributed by atoms with Gasteiger partial charge in [-0.25, -0.2) is 0 Å². The number of carbonyl (C=O) groups is 1. The number of hydrogen-bond acceptors (Lipinski definition) is 1. The van der Waals surface area contributed by atoms with Crippen molar-refractivity contribution in [1.82, 2.24) is 5.32 Å². The molecule has 1 aromatic carbocycles. The van der Waals surface area contributed by atoms with Crippen molar-refractivity contribution >= 4 is 5.91 Å². The molecule has 2 heteroatoms.